The Morgan fingerprint density at radius 1 is 0.830 bits per heavy atom. The van der Waals surface area contributed by atoms with Crippen LogP contribution in [-0.2, 0) is 37.5 Å². The number of fused-ring (bicyclic) bond motifs is 3. The molecule has 0 spiro atoms. The number of nitrogens with zero attached hydrogens (tertiary/aromatic N) is 4. The molecule has 17 nitrogen and oxygen atoms in total. The highest BCUT2D eigenvalue weighted by molar-refractivity contribution is 7.86. The maximum Gasteiger partial charge on any atom is 0.296 e. The molecule has 6 N–H and O–H groups in total. The van der Waals surface area contributed by atoms with Crippen LogP contribution in [0.1, 0.15) is 48.5 Å². The summed E-state index contributed by atoms with van der Waals surface area (Å²) in [5.41, 5.74) is 5.40. The van der Waals surface area contributed by atoms with E-state index in [1.54, 1.807) is 13.0 Å². The van der Waals surface area contributed by atoms with Gasteiger partial charge in [0.2, 0.25) is 17.2 Å². The van der Waals surface area contributed by atoms with Gasteiger partial charge in [0.05, 0.1) is 45.3 Å². The van der Waals surface area contributed by atoms with Crippen LogP contribution >= 0.6 is 11.6 Å². The number of thiol groups is 1. The number of nitrogen functional groups attached to an aromatic ring is 1. The van der Waals surface area contributed by atoms with E-state index in [1.807, 2.05) is 0 Å². The fourth-order valence-electron chi connectivity index (χ4n) is 6.57. The maximum absolute atomic E-state index is 14.0. The van der Waals surface area contributed by atoms with Crippen molar-refractivity contribution in [2.75, 3.05) is 21.3 Å². The fourth-order valence-corrected chi connectivity index (χ4v) is 8.79. The Labute approximate surface area is 307 Å². The van der Waals surface area contributed by atoms with Crippen molar-refractivity contribution in [3.63, 3.8) is 0 Å². The molecule has 272 valence electrons. The third kappa shape index (κ3) is 6.03. The van der Waals surface area contributed by atoms with Crippen LogP contribution in [0.4, 0.5) is 40.3 Å². The van der Waals surface area contributed by atoms with Crippen molar-refractivity contribution in [2.45, 2.75) is 35.1 Å². The lowest BCUT2D eigenvalue weighted by molar-refractivity contribution is 0.0980. The second kappa shape index (κ2) is 12.6. The Morgan fingerprint density at radius 2 is 1.45 bits per heavy atom. The number of hydrogen-bond donors (Lipinski definition) is 6. The van der Waals surface area contributed by atoms with E-state index in [-0.39, 0.29) is 73.5 Å². The van der Waals surface area contributed by atoms with Crippen molar-refractivity contribution in [1.29, 1.82) is 0 Å². The molecule has 0 radical (unpaired) electrons. The zero-order valence-electron chi connectivity index (χ0n) is 27.1. The minimum Gasteiger partial charge on any atom is -0.397 e. The van der Waals surface area contributed by atoms with Crippen LogP contribution in [0.3, 0.4) is 0 Å². The Bertz CT molecular complexity index is 2800. The summed E-state index contributed by atoms with van der Waals surface area (Å²) in [6.07, 6.45) is 0. The first kappa shape index (κ1) is 35.9. The van der Waals surface area contributed by atoms with Crippen molar-refractivity contribution >= 4 is 94.4 Å². The molecule has 1 aromatic heterocycles. The number of aromatic nitrogens is 3. The third-order valence-electron chi connectivity index (χ3n) is 8.76. The van der Waals surface area contributed by atoms with Gasteiger partial charge in [-0.1, -0.05) is 30.3 Å². The standard InChI is InChI=1S/C32H24ClN7O10S3/c1-13-25(36-32-38-30(33)37-31(39-32)35-15-6-5-7-16(10-15)51(43)44)14(2)29(53(48,49)50)19-12-40(26(13)19)20-11-21(52(45,46)47)24(34)23-22(20)27(41)17-8-3-4-9-18(17)28(23)42/h3-11,51H,12,34H2,1-2H3,(H,45,46,47)(H,48,49,50)(H2,35,36,37,38,39). The lowest BCUT2D eigenvalue weighted by Crippen LogP contribution is -2.35. The highest BCUT2D eigenvalue weighted by atomic mass is 35.5. The summed E-state index contributed by atoms with van der Waals surface area (Å²) in [7, 11) is -12.9. The molecular weight excluding hydrogens is 774 g/mol. The highest BCUT2D eigenvalue weighted by Crippen LogP contribution is 2.52. The van der Waals surface area contributed by atoms with E-state index in [0.717, 1.165) is 6.07 Å². The number of anilines is 7. The van der Waals surface area contributed by atoms with Gasteiger partial charge in [-0.2, -0.15) is 31.8 Å². The van der Waals surface area contributed by atoms with Gasteiger partial charge in [-0.3, -0.25) is 18.7 Å². The number of hydrogen-bond acceptors (Lipinski definition) is 15. The average Bonchev–Trinajstić information content (AvgIpc) is 3.05. The first-order valence-corrected chi connectivity index (χ1v) is 19.5. The number of benzene rings is 4. The number of halogens is 1. The lowest BCUT2D eigenvalue weighted by atomic mass is 9.81. The summed E-state index contributed by atoms with van der Waals surface area (Å²) < 4.78 is 94.3. The smallest absolute Gasteiger partial charge is 0.296 e. The summed E-state index contributed by atoms with van der Waals surface area (Å²) in [5.74, 6) is -1.80. The van der Waals surface area contributed by atoms with Crippen LogP contribution in [0.5, 0.6) is 0 Å². The van der Waals surface area contributed by atoms with E-state index >= 15 is 0 Å². The van der Waals surface area contributed by atoms with Gasteiger partial charge in [0.1, 0.15) is 9.79 Å². The van der Waals surface area contributed by atoms with Gasteiger partial charge in [-0.25, -0.2) is 8.42 Å². The topological polar surface area (TPSA) is 269 Å². The maximum atomic E-state index is 14.0. The third-order valence-corrected chi connectivity index (χ3v) is 11.6. The van der Waals surface area contributed by atoms with Crippen LogP contribution in [0.15, 0.2) is 69.3 Å². The molecule has 0 saturated carbocycles. The first-order valence-electron chi connectivity index (χ1n) is 15.1. The molecule has 2 heterocycles. The summed E-state index contributed by atoms with van der Waals surface area (Å²) in [6.45, 7) is 2.66. The average molecular weight is 798 g/mol. The fraction of sp³-hybridized carbons (Fsp3) is 0.0938. The van der Waals surface area contributed by atoms with Gasteiger partial charge in [-0.15, -0.1) is 0 Å². The van der Waals surface area contributed by atoms with E-state index < -0.39 is 63.5 Å². The number of nitrogens with one attached hydrogen (secondary N) is 2. The minimum absolute atomic E-state index is 0.0114. The monoisotopic (exact) mass is 797 g/mol. The van der Waals surface area contributed by atoms with Crippen molar-refractivity contribution in [3.05, 3.63) is 98.8 Å². The Balaban J connectivity index is 1.39. The number of carbonyl (C=O) groups is 2. The van der Waals surface area contributed by atoms with Gasteiger partial charge < -0.3 is 21.3 Å². The van der Waals surface area contributed by atoms with Gasteiger partial charge in [-0.05, 0) is 60.8 Å². The molecule has 1 aliphatic heterocycles. The van der Waals surface area contributed by atoms with Crippen LogP contribution in [0, 0.1) is 13.8 Å². The van der Waals surface area contributed by atoms with Gasteiger partial charge in [0.25, 0.3) is 20.2 Å². The second-order valence-corrected chi connectivity index (χ2v) is 16.0. The largest absolute Gasteiger partial charge is 0.397 e. The van der Waals surface area contributed by atoms with Gasteiger partial charge in [0.15, 0.2) is 22.3 Å². The molecule has 0 saturated heterocycles. The van der Waals surface area contributed by atoms with Crippen LogP contribution < -0.4 is 21.3 Å². The molecule has 0 atom stereocenters. The summed E-state index contributed by atoms with van der Waals surface area (Å²) in [5, 5.41) is 5.40. The molecule has 7 rings (SSSR count). The molecule has 0 bridgehead atoms. The van der Waals surface area contributed by atoms with Crippen LogP contribution in [-0.4, -0.2) is 60.9 Å². The first-order chi connectivity index (χ1) is 24.9. The molecule has 4 aromatic carbocycles. The van der Waals surface area contributed by atoms with E-state index in [0.29, 0.717) is 11.3 Å². The molecular formula is C32H24ClN7O10S3. The number of rotatable bonds is 8. The quantitative estimate of drug-likeness (QED) is 0.0719. The van der Waals surface area contributed by atoms with E-state index in [2.05, 4.69) is 25.6 Å². The Kier molecular flexibility index (Phi) is 8.51. The number of nitrogens with two attached hydrogens (primary N) is 1. The Morgan fingerprint density at radius 3 is 2.06 bits per heavy atom. The second-order valence-electron chi connectivity index (χ2n) is 11.9. The van der Waals surface area contributed by atoms with Crippen molar-refractivity contribution in [3.8, 4) is 0 Å². The zero-order chi connectivity index (χ0) is 38.3. The molecule has 2 aliphatic rings. The highest BCUT2D eigenvalue weighted by Gasteiger charge is 2.42. The number of carbonyl (C=O) groups excluding carboxylic acids is 2. The van der Waals surface area contributed by atoms with Crippen LogP contribution in [0.25, 0.3) is 0 Å². The van der Waals surface area contributed by atoms with Crippen molar-refractivity contribution in [1.82, 2.24) is 15.0 Å². The normalized spacial score (nSPS) is 13.7. The molecule has 0 unspecified atom stereocenters. The van der Waals surface area contributed by atoms with E-state index in [4.69, 9.17) is 17.3 Å². The lowest BCUT2D eigenvalue weighted by Gasteiger charge is -2.42. The Hall–Kier alpha value is -5.51. The summed E-state index contributed by atoms with van der Waals surface area (Å²) in [6, 6.07) is 12.5. The zero-order valence-corrected chi connectivity index (χ0v) is 30.4. The SMILES string of the molecule is Cc1c(Nc2nc(Cl)nc(Nc3cccc([SH](=O)=O)c3)n2)c(C)c(S(=O)(=O)O)c2c1N(c1cc(S(=O)(=O)O)c(N)c3c1C(=O)c1ccccc1C3=O)C2. The predicted molar refractivity (Wildman–Crippen MR) is 192 cm³/mol. The molecule has 53 heavy (non-hydrogen) atoms. The van der Waals surface area contributed by atoms with E-state index in [1.165, 1.54) is 54.3 Å². The van der Waals surface area contributed by atoms with E-state index in [9.17, 15) is 43.9 Å². The molecule has 21 heteroatoms. The van der Waals surface area contributed by atoms with Crippen molar-refractivity contribution in [2.24, 2.45) is 0 Å². The van der Waals surface area contributed by atoms with Crippen molar-refractivity contribution < 1.29 is 43.9 Å². The molecule has 0 amide bonds. The molecule has 5 aromatic rings. The number of ketones is 2. The minimum atomic E-state index is -5.07. The molecule has 0 fully saturated rings. The summed E-state index contributed by atoms with van der Waals surface area (Å²) in [4.78, 5) is 40.1. The van der Waals surface area contributed by atoms with Gasteiger partial charge >= 0.3 is 0 Å². The predicted octanol–water partition coefficient (Wildman–Crippen LogP) is 4.10. The summed E-state index contributed by atoms with van der Waals surface area (Å²) >= 11 is 6.19. The molecule has 1 aliphatic carbocycles. The van der Waals surface area contributed by atoms with Crippen LogP contribution in [0.2, 0.25) is 5.28 Å². The van der Waals surface area contributed by atoms with Gasteiger partial charge in [0, 0.05) is 22.4 Å².